The number of fused-ring (bicyclic) bond motifs is 1. The number of rotatable bonds is 5. The Hall–Kier alpha value is -2.47. The number of carbonyl (C=O) groups excluding carboxylic acids is 1. The van der Waals surface area contributed by atoms with E-state index in [2.05, 4.69) is 17.2 Å². The first-order chi connectivity index (χ1) is 14.0. The zero-order valence-electron chi connectivity index (χ0n) is 17.0. The largest absolute Gasteiger partial charge is 0.353 e. The Kier molecular flexibility index (Phi) is 5.81. The Morgan fingerprint density at radius 1 is 1.24 bits per heavy atom. The Balaban J connectivity index is 1.51. The van der Waals surface area contributed by atoms with Crippen LogP contribution in [-0.2, 0) is 11.3 Å². The van der Waals surface area contributed by atoms with Gasteiger partial charge in [0, 0.05) is 30.0 Å². The minimum atomic E-state index is -0.0781. The predicted molar refractivity (Wildman–Crippen MR) is 118 cm³/mol. The van der Waals surface area contributed by atoms with E-state index in [1.165, 1.54) is 36.2 Å². The average molecular weight is 410 g/mol. The number of nitrogens with zero attached hydrogens (tertiary/aromatic N) is 2. The minimum Gasteiger partial charge on any atom is -0.353 e. The highest BCUT2D eigenvalue weighted by Gasteiger charge is 2.22. The van der Waals surface area contributed by atoms with Crippen LogP contribution < -0.4 is 10.9 Å². The molecular formula is C23H27N3O2S. The molecule has 0 aliphatic heterocycles. The van der Waals surface area contributed by atoms with Crippen molar-refractivity contribution in [1.29, 1.82) is 0 Å². The lowest BCUT2D eigenvalue weighted by molar-refractivity contribution is -0.122. The SMILES string of the molecule is Cc1ccc(-c2csc3ncn(CCC(=O)NC4CCCCC4C)c(=O)c23)cc1. The molecule has 1 N–H and O–H groups in total. The molecule has 1 fully saturated rings. The molecule has 5 nitrogen and oxygen atoms in total. The molecule has 2 aromatic heterocycles. The number of amides is 1. The third-order valence-electron chi connectivity index (χ3n) is 5.96. The summed E-state index contributed by atoms with van der Waals surface area (Å²) in [5.41, 5.74) is 3.03. The zero-order valence-corrected chi connectivity index (χ0v) is 17.8. The summed E-state index contributed by atoms with van der Waals surface area (Å²) < 4.78 is 1.57. The monoisotopic (exact) mass is 409 g/mol. The van der Waals surface area contributed by atoms with Crippen LogP contribution in [0, 0.1) is 12.8 Å². The molecule has 1 amide bonds. The number of benzene rings is 1. The van der Waals surface area contributed by atoms with E-state index in [9.17, 15) is 9.59 Å². The molecule has 2 unspecified atom stereocenters. The van der Waals surface area contributed by atoms with Crippen LogP contribution in [0.5, 0.6) is 0 Å². The molecule has 4 rings (SSSR count). The quantitative estimate of drug-likeness (QED) is 0.674. The molecule has 3 aromatic rings. The highest BCUT2D eigenvalue weighted by Crippen LogP contribution is 2.30. The molecule has 6 heteroatoms. The molecule has 0 bridgehead atoms. The van der Waals surface area contributed by atoms with Crippen LogP contribution in [0.4, 0.5) is 0 Å². The maximum Gasteiger partial charge on any atom is 0.262 e. The second-order valence-electron chi connectivity index (χ2n) is 8.12. The second kappa shape index (κ2) is 8.49. The summed E-state index contributed by atoms with van der Waals surface area (Å²) in [6.07, 6.45) is 6.50. The van der Waals surface area contributed by atoms with Gasteiger partial charge >= 0.3 is 0 Å². The van der Waals surface area contributed by atoms with E-state index in [-0.39, 0.29) is 17.5 Å². The van der Waals surface area contributed by atoms with Crippen molar-refractivity contribution < 1.29 is 4.79 Å². The zero-order chi connectivity index (χ0) is 20.4. The first kappa shape index (κ1) is 19.8. The van der Waals surface area contributed by atoms with Gasteiger partial charge in [-0.1, -0.05) is 49.6 Å². The first-order valence-corrected chi connectivity index (χ1v) is 11.2. The molecule has 1 aliphatic rings. The van der Waals surface area contributed by atoms with Crippen molar-refractivity contribution in [1.82, 2.24) is 14.9 Å². The van der Waals surface area contributed by atoms with Crippen LogP contribution in [-0.4, -0.2) is 21.5 Å². The predicted octanol–water partition coefficient (Wildman–Crippen LogP) is 4.52. The van der Waals surface area contributed by atoms with Gasteiger partial charge in [0.15, 0.2) is 0 Å². The topological polar surface area (TPSA) is 64.0 Å². The van der Waals surface area contributed by atoms with Crippen molar-refractivity contribution in [2.45, 2.75) is 58.5 Å². The van der Waals surface area contributed by atoms with Crippen LogP contribution >= 0.6 is 11.3 Å². The molecule has 0 saturated heterocycles. The Labute approximate surface area is 174 Å². The second-order valence-corrected chi connectivity index (χ2v) is 8.98. The third-order valence-corrected chi connectivity index (χ3v) is 6.85. The van der Waals surface area contributed by atoms with Gasteiger partial charge in [-0.3, -0.25) is 14.2 Å². The summed E-state index contributed by atoms with van der Waals surface area (Å²) in [6.45, 7) is 4.59. The maximum atomic E-state index is 13.1. The average Bonchev–Trinajstić information content (AvgIpc) is 3.15. The van der Waals surface area contributed by atoms with Gasteiger partial charge in [-0.05, 0) is 31.2 Å². The van der Waals surface area contributed by atoms with E-state index in [0.29, 0.717) is 24.3 Å². The number of hydrogen-bond acceptors (Lipinski definition) is 4. The molecule has 2 atom stereocenters. The molecule has 1 aromatic carbocycles. The summed E-state index contributed by atoms with van der Waals surface area (Å²) in [4.78, 5) is 30.7. The molecule has 0 spiro atoms. The van der Waals surface area contributed by atoms with Crippen LogP contribution in [0.3, 0.4) is 0 Å². The van der Waals surface area contributed by atoms with E-state index in [4.69, 9.17) is 0 Å². The van der Waals surface area contributed by atoms with E-state index in [1.807, 2.05) is 36.6 Å². The lowest BCUT2D eigenvalue weighted by Crippen LogP contribution is -2.41. The third kappa shape index (κ3) is 4.27. The van der Waals surface area contributed by atoms with Crippen LogP contribution in [0.15, 0.2) is 40.8 Å². The lowest BCUT2D eigenvalue weighted by atomic mass is 9.86. The molecule has 1 saturated carbocycles. The maximum absolute atomic E-state index is 13.1. The minimum absolute atomic E-state index is 0.0137. The summed E-state index contributed by atoms with van der Waals surface area (Å²) in [6, 6.07) is 8.42. The van der Waals surface area contributed by atoms with E-state index in [1.54, 1.807) is 10.9 Å². The first-order valence-electron chi connectivity index (χ1n) is 10.4. The van der Waals surface area contributed by atoms with E-state index >= 15 is 0 Å². The molecule has 2 heterocycles. The van der Waals surface area contributed by atoms with Crippen molar-refractivity contribution >= 4 is 27.5 Å². The molecule has 29 heavy (non-hydrogen) atoms. The number of thiophene rings is 1. The van der Waals surface area contributed by atoms with Crippen LogP contribution in [0.2, 0.25) is 0 Å². The van der Waals surface area contributed by atoms with Gasteiger partial charge < -0.3 is 5.32 Å². The molecule has 0 radical (unpaired) electrons. The number of carbonyl (C=O) groups is 1. The van der Waals surface area contributed by atoms with Gasteiger partial charge in [0.05, 0.1) is 11.7 Å². The number of nitrogens with one attached hydrogen (secondary N) is 1. The van der Waals surface area contributed by atoms with E-state index in [0.717, 1.165) is 22.4 Å². The fourth-order valence-corrected chi connectivity index (χ4v) is 5.01. The normalized spacial score (nSPS) is 19.4. The Bertz CT molecular complexity index is 1070. The summed E-state index contributed by atoms with van der Waals surface area (Å²) in [5, 5.41) is 5.79. The number of hydrogen-bond donors (Lipinski definition) is 1. The summed E-state index contributed by atoms with van der Waals surface area (Å²) >= 11 is 1.48. The van der Waals surface area contributed by atoms with Gasteiger partial charge in [-0.15, -0.1) is 11.3 Å². The van der Waals surface area contributed by atoms with Gasteiger partial charge in [-0.25, -0.2) is 4.98 Å². The van der Waals surface area contributed by atoms with Gasteiger partial charge in [0.2, 0.25) is 5.91 Å². The van der Waals surface area contributed by atoms with Gasteiger partial charge in [0.1, 0.15) is 4.83 Å². The molecule has 152 valence electrons. The lowest BCUT2D eigenvalue weighted by Gasteiger charge is -2.29. The van der Waals surface area contributed by atoms with Crippen molar-refractivity contribution in [2.24, 2.45) is 5.92 Å². The van der Waals surface area contributed by atoms with Gasteiger partial charge in [-0.2, -0.15) is 0 Å². The highest BCUT2D eigenvalue weighted by molar-refractivity contribution is 7.17. The number of aryl methyl sites for hydroxylation is 2. The van der Waals surface area contributed by atoms with Crippen molar-refractivity contribution in [3.05, 3.63) is 51.9 Å². The molecular weight excluding hydrogens is 382 g/mol. The fourth-order valence-electron chi connectivity index (χ4n) is 4.10. The smallest absolute Gasteiger partial charge is 0.262 e. The Morgan fingerprint density at radius 3 is 2.76 bits per heavy atom. The highest BCUT2D eigenvalue weighted by atomic mass is 32.1. The standard InChI is InChI=1S/C23H27N3O2S/c1-15-7-9-17(10-8-15)18-13-29-22-21(18)23(28)26(14-24-22)12-11-20(27)25-19-6-4-3-5-16(19)2/h7-10,13-14,16,19H,3-6,11-12H2,1-2H3,(H,25,27). The van der Waals surface area contributed by atoms with Crippen LogP contribution in [0.1, 0.15) is 44.6 Å². The van der Waals surface area contributed by atoms with Gasteiger partial charge in [0.25, 0.3) is 5.56 Å². The summed E-state index contributed by atoms with van der Waals surface area (Å²) in [5.74, 6) is 0.538. The van der Waals surface area contributed by atoms with Crippen molar-refractivity contribution in [3.63, 3.8) is 0 Å². The fraction of sp³-hybridized carbons (Fsp3) is 0.435. The van der Waals surface area contributed by atoms with Crippen molar-refractivity contribution in [2.75, 3.05) is 0 Å². The number of aromatic nitrogens is 2. The van der Waals surface area contributed by atoms with Crippen molar-refractivity contribution in [3.8, 4) is 11.1 Å². The van der Waals surface area contributed by atoms with Crippen LogP contribution in [0.25, 0.3) is 21.3 Å². The Morgan fingerprint density at radius 2 is 2.00 bits per heavy atom. The van der Waals surface area contributed by atoms with E-state index < -0.39 is 0 Å². The molecule has 1 aliphatic carbocycles. The summed E-state index contributed by atoms with van der Waals surface area (Å²) in [7, 11) is 0.